The molecule has 0 heterocycles. The molecule has 2 N–H and O–H groups in total. The predicted octanol–water partition coefficient (Wildman–Crippen LogP) is 2.94. The standard InChI is InChI=1S/C14H24NO6P/c1-6-20-22(16,21-7-2)14(15)13-11(18-4)8-10(17-3)9-12(13)19-5/h8-9,14H,6-7,15H2,1-5H3/t14-/m1/s1. The molecule has 0 aromatic heterocycles. The second-order valence-corrected chi connectivity index (χ2v) is 6.42. The largest absolute Gasteiger partial charge is 0.496 e. The first-order chi connectivity index (χ1) is 10.5. The Hall–Kier alpha value is -1.27. The monoisotopic (exact) mass is 333 g/mol. The number of methoxy groups -OCH3 is 3. The van der Waals surface area contributed by atoms with Crippen LogP contribution in [0, 0.1) is 0 Å². The summed E-state index contributed by atoms with van der Waals surface area (Å²) >= 11 is 0. The Balaban J connectivity index is 3.42. The van der Waals surface area contributed by atoms with Gasteiger partial charge in [-0.25, -0.2) is 0 Å². The van der Waals surface area contributed by atoms with E-state index in [0.717, 1.165) is 0 Å². The van der Waals surface area contributed by atoms with Gasteiger partial charge in [0.1, 0.15) is 23.0 Å². The zero-order chi connectivity index (χ0) is 16.8. The van der Waals surface area contributed by atoms with Crippen molar-refractivity contribution in [2.45, 2.75) is 19.6 Å². The molecule has 0 aliphatic rings. The molecule has 0 aliphatic carbocycles. The quantitative estimate of drug-likeness (QED) is 0.695. The average Bonchev–Trinajstić information content (AvgIpc) is 2.53. The maximum Gasteiger partial charge on any atom is 0.352 e. The van der Waals surface area contributed by atoms with Gasteiger partial charge in [-0.15, -0.1) is 0 Å². The molecular weight excluding hydrogens is 309 g/mol. The number of rotatable bonds is 9. The zero-order valence-electron chi connectivity index (χ0n) is 13.6. The van der Waals surface area contributed by atoms with Crippen molar-refractivity contribution < 1.29 is 27.8 Å². The highest BCUT2D eigenvalue weighted by atomic mass is 31.2. The molecule has 1 aromatic rings. The highest BCUT2D eigenvalue weighted by Gasteiger charge is 2.38. The summed E-state index contributed by atoms with van der Waals surface area (Å²) in [5.74, 6) is 0.280. The molecule has 0 aliphatic heterocycles. The van der Waals surface area contributed by atoms with Crippen molar-refractivity contribution in [2.75, 3.05) is 34.5 Å². The van der Waals surface area contributed by atoms with E-state index in [0.29, 0.717) is 22.8 Å². The highest BCUT2D eigenvalue weighted by molar-refractivity contribution is 7.54. The molecule has 0 unspecified atom stereocenters. The van der Waals surface area contributed by atoms with Gasteiger partial charge in [0.25, 0.3) is 0 Å². The van der Waals surface area contributed by atoms with Crippen molar-refractivity contribution in [3.8, 4) is 17.2 Å². The summed E-state index contributed by atoms with van der Waals surface area (Å²) in [6.45, 7) is 3.87. The molecule has 22 heavy (non-hydrogen) atoms. The minimum absolute atomic E-state index is 0.214. The SMILES string of the molecule is CCOP(=O)(OCC)[C@@H](N)c1c(OC)cc(OC)cc1OC. The van der Waals surface area contributed by atoms with Gasteiger partial charge >= 0.3 is 7.60 Å². The van der Waals surface area contributed by atoms with Gasteiger partial charge in [0.15, 0.2) is 0 Å². The van der Waals surface area contributed by atoms with Crippen molar-refractivity contribution >= 4 is 7.60 Å². The second kappa shape index (κ2) is 8.39. The third kappa shape index (κ3) is 3.93. The van der Waals surface area contributed by atoms with E-state index >= 15 is 0 Å². The van der Waals surface area contributed by atoms with E-state index in [-0.39, 0.29) is 13.2 Å². The summed E-state index contributed by atoms with van der Waals surface area (Å²) in [6.07, 6.45) is 0. The van der Waals surface area contributed by atoms with Crippen molar-refractivity contribution in [1.29, 1.82) is 0 Å². The molecule has 1 aromatic carbocycles. The zero-order valence-corrected chi connectivity index (χ0v) is 14.5. The highest BCUT2D eigenvalue weighted by Crippen LogP contribution is 2.61. The molecule has 0 saturated carbocycles. The van der Waals surface area contributed by atoms with Crippen LogP contribution < -0.4 is 19.9 Å². The van der Waals surface area contributed by atoms with Crippen LogP contribution in [0.4, 0.5) is 0 Å². The summed E-state index contributed by atoms with van der Waals surface area (Å²) in [6, 6.07) is 3.28. The smallest absolute Gasteiger partial charge is 0.352 e. The fourth-order valence-electron chi connectivity index (χ4n) is 2.04. The molecule has 1 rings (SSSR count). The van der Waals surface area contributed by atoms with Crippen molar-refractivity contribution in [3.63, 3.8) is 0 Å². The predicted molar refractivity (Wildman–Crippen MR) is 83.9 cm³/mol. The minimum atomic E-state index is -3.56. The number of nitrogens with two attached hydrogens (primary N) is 1. The molecule has 0 spiro atoms. The van der Waals surface area contributed by atoms with Crippen LogP contribution in [0.1, 0.15) is 25.2 Å². The van der Waals surface area contributed by atoms with Gasteiger partial charge in [-0.2, -0.15) is 0 Å². The number of benzene rings is 1. The van der Waals surface area contributed by atoms with E-state index in [1.165, 1.54) is 21.3 Å². The number of hydrogen-bond acceptors (Lipinski definition) is 7. The number of ether oxygens (including phenoxy) is 3. The lowest BCUT2D eigenvalue weighted by Crippen LogP contribution is -2.17. The maximum atomic E-state index is 12.9. The summed E-state index contributed by atoms with van der Waals surface area (Å²) in [5.41, 5.74) is 6.59. The van der Waals surface area contributed by atoms with Crippen LogP contribution in [0.15, 0.2) is 12.1 Å². The first kappa shape index (κ1) is 18.8. The van der Waals surface area contributed by atoms with Gasteiger partial charge in [0, 0.05) is 12.1 Å². The summed E-state index contributed by atoms with van der Waals surface area (Å²) < 4.78 is 39.4. The summed E-state index contributed by atoms with van der Waals surface area (Å²) in [5, 5.41) is 0. The second-order valence-electron chi connectivity index (χ2n) is 4.27. The van der Waals surface area contributed by atoms with Crippen molar-refractivity contribution in [2.24, 2.45) is 5.73 Å². The Kier molecular flexibility index (Phi) is 7.16. The van der Waals surface area contributed by atoms with Gasteiger partial charge in [0.05, 0.1) is 40.1 Å². The van der Waals surface area contributed by atoms with Crippen LogP contribution >= 0.6 is 7.60 Å². The van der Waals surface area contributed by atoms with Crippen LogP contribution in [0.25, 0.3) is 0 Å². The maximum absolute atomic E-state index is 12.9. The van der Waals surface area contributed by atoms with Gasteiger partial charge in [0.2, 0.25) is 0 Å². The van der Waals surface area contributed by atoms with Gasteiger partial charge in [-0.1, -0.05) is 0 Å². The van der Waals surface area contributed by atoms with Crippen LogP contribution in [-0.2, 0) is 13.6 Å². The Bertz CT molecular complexity index is 501. The molecule has 126 valence electrons. The number of hydrogen-bond donors (Lipinski definition) is 1. The Morgan fingerprint density at radius 3 is 1.77 bits per heavy atom. The fraction of sp³-hybridized carbons (Fsp3) is 0.571. The lowest BCUT2D eigenvalue weighted by Gasteiger charge is -2.26. The van der Waals surface area contributed by atoms with Crippen LogP contribution in [-0.4, -0.2) is 34.5 Å². The Morgan fingerprint density at radius 1 is 1.00 bits per heavy atom. The molecule has 7 nitrogen and oxygen atoms in total. The van der Waals surface area contributed by atoms with Crippen molar-refractivity contribution in [1.82, 2.24) is 0 Å². The molecule has 0 radical (unpaired) electrons. The van der Waals surface area contributed by atoms with Crippen LogP contribution in [0.2, 0.25) is 0 Å². The first-order valence-corrected chi connectivity index (χ1v) is 8.52. The molecule has 8 heteroatoms. The van der Waals surface area contributed by atoms with Crippen molar-refractivity contribution in [3.05, 3.63) is 17.7 Å². The van der Waals surface area contributed by atoms with E-state index in [1.54, 1.807) is 26.0 Å². The van der Waals surface area contributed by atoms with Gasteiger partial charge in [-0.3, -0.25) is 4.57 Å². The topological polar surface area (TPSA) is 89.2 Å². The lowest BCUT2D eigenvalue weighted by molar-refractivity contribution is 0.211. The summed E-state index contributed by atoms with van der Waals surface area (Å²) in [7, 11) is 0.933. The average molecular weight is 333 g/mol. The molecule has 0 amide bonds. The van der Waals surface area contributed by atoms with Gasteiger partial charge in [-0.05, 0) is 13.8 Å². The fourth-order valence-corrected chi connectivity index (χ4v) is 3.73. The van der Waals surface area contributed by atoms with E-state index in [9.17, 15) is 4.57 Å². The lowest BCUT2D eigenvalue weighted by atomic mass is 10.1. The van der Waals surface area contributed by atoms with E-state index in [1.807, 2.05) is 0 Å². The van der Waals surface area contributed by atoms with Gasteiger partial charge < -0.3 is 29.0 Å². The molecule has 0 bridgehead atoms. The normalized spacial score (nSPS) is 12.8. The molecular formula is C14H24NO6P. The third-order valence-electron chi connectivity index (χ3n) is 3.01. The summed E-state index contributed by atoms with van der Waals surface area (Å²) in [4.78, 5) is 0. The van der Waals surface area contributed by atoms with Crippen LogP contribution in [0.3, 0.4) is 0 Å². The molecule has 0 fully saturated rings. The molecule has 0 saturated heterocycles. The van der Waals surface area contributed by atoms with Crippen LogP contribution in [0.5, 0.6) is 17.2 Å². The Morgan fingerprint density at radius 2 is 1.45 bits per heavy atom. The minimum Gasteiger partial charge on any atom is -0.496 e. The van der Waals surface area contributed by atoms with E-state index < -0.39 is 13.4 Å². The van der Waals surface area contributed by atoms with E-state index in [4.69, 9.17) is 29.0 Å². The first-order valence-electron chi connectivity index (χ1n) is 6.91. The molecule has 1 atom stereocenters. The van der Waals surface area contributed by atoms with E-state index in [2.05, 4.69) is 0 Å². The Labute approximate surface area is 131 Å². The third-order valence-corrected chi connectivity index (χ3v) is 5.18.